The Kier molecular flexibility index (Phi) is 8.04. The fourth-order valence-corrected chi connectivity index (χ4v) is 2.49. The highest BCUT2D eigenvalue weighted by atomic mass is 32.2. The van der Waals surface area contributed by atoms with Crippen LogP contribution >= 0.6 is 0 Å². The van der Waals surface area contributed by atoms with E-state index in [1.807, 2.05) is 45.9 Å². The van der Waals surface area contributed by atoms with E-state index in [2.05, 4.69) is 15.6 Å². The SMILES string of the molecule is CCNC(=NCc1ccc(C)cc1OC(C)C)NCCS(C)(=O)=O. The van der Waals surface area contributed by atoms with Crippen LogP contribution in [0.2, 0.25) is 0 Å². The lowest BCUT2D eigenvalue weighted by atomic mass is 10.1. The Balaban J connectivity index is 2.81. The summed E-state index contributed by atoms with van der Waals surface area (Å²) in [5, 5.41) is 6.15. The van der Waals surface area contributed by atoms with Crippen LogP contribution in [0, 0.1) is 6.92 Å². The first-order valence-corrected chi connectivity index (χ1v) is 10.2. The van der Waals surface area contributed by atoms with Gasteiger partial charge in [-0.25, -0.2) is 13.4 Å². The van der Waals surface area contributed by atoms with Crippen LogP contribution in [0.1, 0.15) is 31.9 Å². The van der Waals surface area contributed by atoms with Gasteiger partial charge in [-0.05, 0) is 39.3 Å². The molecule has 0 atom stereocenters. The number of hydrogen-bond donors (Lipinski definition) is 2. The third-order valence-electron chi connectivity index (χ3n) is 3.10. The van der Waals surface area contributed by atoms with Crippen LogP contribution in [-0.4, -0.2) is 45.6 Å². The molecule has 0 saturated carbocycles. The molecule has 1 aromatic carbocycles. The Labute approximate surface area is 145 Å². The van der Waals surface area contributed by atoms with Crippen molar-refractivity contribution >= 4 is 15.8 Å². The number of ether oxygens (including phenoxy) is 1. The van der Waals surface area contributed by atoms with Gasteiger partial charge in [-0.2, -0.15) is 0 Å². The minimum atomic E-state index is -2.99. The number of nitrogens with zero attached hydrogens (tertiary/aromatic N) is 1. The summed E-state index contributed by atoms with van der Waals surface area (Å²) in [5.74, 6) is 1.50. The van der Waals surface area contributed by atoms with Crippen molar-refractivity contribution in [3.63, 3.8) is 0 Å². The molecule has 24 heavy (non-hydrogen) atoms. The minimum Gasteiger partial charge on any atom is -0.491 e. The number of rotatable bonds is 8. The van der Waals surface area contributed by atoms with Crippen molar-refractivity contribution in [2.24, 2.45) is 4.99 Å². The Morgan fingerprint density at radius 2 is 2.00 bits per heavy atom. The van der Waals surface area contributed by atoms with E-state index < -0.39 is 9.84 Å². The lowest BCUT2D eigenvalue weighted by Gasteiger charge is -2.15. The van der Waals surface area contributed by atoms with Crippen molar-refractivity contribution < 1.29 is 13.2 Å². The molecule has 0 aliphatic heterocycles. The lowest BCUT2D eigenvalue weighted by Crippen LogP contribution is -2.39. The van der Waals surface area contributed by atoms with Crippen molar-refractivity contribution in [3.8, 4) is 5.75 Å². The van der Waals surface area contributed by atoms with Gasteiger partial charge in [-0.3, -0.25) is 0 Å². The summed E-state index contributed by atoms with van der Waals surface area (Å²) in [4.78, 5) is 4.52. The van der Waals surface area contributed by atoms with Crippen molar-refractivity contribution in [1.29, 1.82) is 0 Å². The maximum absolute atomic E-state index is 11.2. The molecule has 1 aromatic rings. The van der Waals surface area contributed by atoms with E-state index in [1.54, 1.807) is 0 Å². The molecule has 0 heterocycles. The largest absolute Gasteiger partial charge is 0.491 e. The molecule has 136 valence electrons. The van der Waals surface area contributed by atoms with E-state index in [4.69, 9.17) is 4.74 Å². The summed E-state index contributed by atoms with van der Waals surface area (Å²) in [6.45, 7) is 9.46. The molecule has 0 amide bonds. The van der Waals surface area contributed by atoms with Crippen LogP contribution in [0.15, 0.2) is 23.2 Å². The van der Waals surface area contributed by atoms with Crippen molar-refractivity contribution in [2.45, 2.75) is 40.3 Å². The predicted molar refractivity (Wildman–Crippen MR) is 99.5 cm³/mol. The Morgan fingerprint density at radius 3 is 2.58 bits per heavy atom. The molecule has 1 rings (SSSR count). The molecule has 0 spiro atoms. The van der Waals surface area contributed by atoms with Crippen molar-refractivity contribution in [3.05, 3.63) is 29.3 Å². The van der Waals surface area contributed by atoms with Gasteiger partial charge < -0.3 is 15.4 Å². The zero-order valence-electron chi connectivity index (χ0n) is 15.2. The predicted octanol–water partition coefficient (Wildman–Crippen LogP) is 1.88. The van der Waals surface area contributed by atoms with Crippen molar-refractivity contribution in [2.75, 3.05) is 25.1 Å². The molecule has 0 aliphatic carbocycles. The van der Waals surface area contributed by atoms with Crippen LogP contribution in [0.3, 0.4) is 0 Å². The molecule has 0 aliphatic rings. The Bertz CT molecular complexity index is 655. The van der Waals surface area contributed by atoms with Gasteiger partial charge in [0, 0.05) is 24.9 Å². The standard InChI is InChI=1S/C17H29N3O3S/c1-6-18-17(19-9-10-24(5,21)22)20-12-15-8-7-14(4)11-16(15)23-13(2)3/h7-8,11,13H,6,9-10,12H2,1-5H3,(H2,18,19,20). The van der Waals surface area contributed by atoms with Gasteiger partial charge in [0.2, 0.25) is 0 Å². The minimum absolute atomic E-state index is 0.0731. The van der Waals surface area contributed by atoms with Crippen LogP contribution < -0.4 is 15.4 Å². The lowest BCUT2D eigenvalue weighted by molar-refractivity contribution is 0.240. The normalized spacial score (nSPS) is 12.3. The molecule has 7 heteroatoms. The molecule has 0 aromatic heterocycles. The number of benzene rings is 1. The zero-order chi connectivity index (χ0) is 18.2. The van der Waals surface area contributed by atoms with Gasteiger partial charge in [0.05, 0.1) is 18.4 Å². The van der Waals surface area contributed by atoms with Gasteiger partial charge in [0.1, 0.15) is 15.6 Å². The maximum atomic E-state index is 11.2. The highest BCUT2D eigenvalue weighted by Crippen LogP contribution is 2.22. The molecule has 6 nitrogen and oxygen atoms in total. The molecule has 0 fully saturated rings. The van der Waals surface area contributed by atoms with Gasteiger partial charge in [-0.1, -0.05) is 12.1 Å². The summed E-state index contributed by atoms with van der Waals surface area (Å²) in [6.07, 6.45) is 1.32. The average molecular weight is 356 g/mol. The van der Waals surface area contributed by atoms with E-state index >= 15 is 0 Å². The monoisotopic (exact) mass is 355 g/mol. The number of aryl methyl sites for hydroxylation is 1. The van der Waals surface area contributed by atoms with E-state index in [0.717, 1.165) is 16.9 Å². The molecule has 2 N–H and O–H groups in total. The fourth-order valence-electron chi connectivity index (χ4n) is 2.02. The van der Waals surface area contributed by atoms with Gasteiger partial charge in [0.15, 0.2) is 5.96 Å². The second kappa shape index (κ2) is 9.52. The number of aliphatic imine (C=N–C) groups is 1. The smallest absolute Gasteiger partial charge is 0.191 e. The van der Waals surface area contributed by atoms with Crippen LogP contribution in [0.5, 0.6) is 5.75 Å². The molecular weight excluding hydrogens is 326 g/mol. The zero-order valence-corrected chi connectivity index (χ0v) is 16.0. The average Bonchev–Trinajstić information content (AvgIpc) is 2.44. The van der Waals surface area contributed by atoms with E-state index in [1.165, 1.54) is 6.26 Å². The fraction of sp³-hybridized carbons (Fsp3) is 0.588. The third kappa shape index (κ3) is 8.19. The third-order valence-corrected chi connectivity index (χ3v) is 4.05. The number of nitrogens with one attached hydrogen (secondary N) is 2. The first-order valence-electron chi connectivity index (χ1n) is 8.17. The first-order chi connectivity index (χ1) is 11.2. The van der Waals surface area contributed by atoms with E-state index in [0.29, 0.717) is 25.6 Å². The van der Waals surface area contributed by atoms with Crippen LogP contribution in [0.4, 0.5) is 0 Å². The topological polar surface area (TPSA) is 79.8 Å². The van der Waals surface area contributed by atoms with E-state index in [-0.39, 0.29) is 11.9 Å². The quantitative estimate of drug-likeness (QED) is 0.550. The Hall–Kier alpha value is -1.76. The summed E-state index contributed by atoms with van der Waals surface area (Å²) in [7, 11) is -2.99. The molecule has 0 saturated heterocycles. The second-order valence-corrected chi connectivity index (χ2v) is 8.29. The van der Waals surface area contributed by atoms with E-state index in [9.17, 15) is 8.42 Å². The highest BCUT2D eigenvalue weighted by molar-refractivity contribution is 7.90. The second-order valence-electron chi connectivity index (χ2n) is 6.03. The number of hydrogen-bond acceptors (Lipinski definition) is 4. The summed E-state index contributed by atoms with van der Waals surface area (Å²) in [5.41, 5.74) is 2.13. The van der Waals surface area contributed by atoms with Crippen molar-refractivity contribution in [1.82, 2.24) is 10.6 Å². The summed E-state index contributed by atoms with van der Waals surface area (Å²) >= 11 is 0. The molecular formula is C17H29N3O3S. The molecule has 0 bridgehead atoms. The first kappa shape index (κ1) is 20.3. The summed E-state index contributed by atoms with van der Waals surface area (Å²) < 4.78 is 28.3. The molecule has 0 unspecified atom stereocenters. The van der Waals surface area contributed by atoms with Gasteiger partial charge >= 0.3 is 0 Å². The summed E-state index contributed by atoms with van der Waals surface area (Å²) in [6, 6.07) is 6.05. The number of sulfone groups is 1. The Morgan fingerprint density at radius 1 is 1.29 bits per heavy atom. The van der Waals surface area contributed by atoms with Gasteiger partial charge in [-0.15, -0.1) is 0 Å². The highest BCUT2D eigenvalue weighted by Gasteiger charge is 2.07. The maximum Gasteiger partial charge on any atom is 0.191 e. The van der Waals surface area contributed by atoms with Gasteiger partial charge in [0.25, 0.3) is 0 Å². The van der Waals surface area contributed by atoms with Crippen LogP contribution in [0.25, 0.3) is 0 Å². The van der Waals surface area contributed by atoms with Crippen LogP contribution in [-0.2, 0) is 16.4 Å². The molecule has 0 radical (unpaired) electrons. The number of guanidine groups is 1.